The van der Waals surface area contributed by atoms with E-state index in [0.29, 0.717) is 17.8 Å². The standard InChI is InChI=1S/C36H59FN5O7P/c1-3-4-5-6-7-8-9-10-11-12-13-14-15-16-17-18-22-46-24-25-48-50(44,49-27-30-19-20-32(45-2)31(37)26-30)29-47-23-21-42-28-39-33-34(42)40-36(38)41-35(33)43/h19-20,26,28H,3-18,21-25,27,29H2,1-2H3,(H3,38,40,41,43). The first-order valence-electron chi connectivity index (χ1n) is 18.4. The number of halogens is 1. The van der Waals surface area contributed by atoms with Crippen LogP contribution in [0.15, 0.2) is 29.3 Å². The van der Waals surface area contributed by atoms with Crippen molar-refractivity contribution in [1.29, 1.82) is 0 Å². The smallest absolute Gasteiger partial charge is 0.356 e. The molecule has 14 heteroatoms. The molecule has 3 rings (SSSR count). The van der Waals surface area contributed by atoms with Gasteiger partial charge in [0.2, 0.25) is 5.95 Å². The zero-order valence-electron chi connectivity index (χ0n) is 30.2. The second-order valence-electron chi connectivity index (χ2n) is 12.7. The lowest BCUT2D eigenvalue weighted by atomic mass is 10.0. The molecule has 3 N–H and O–H groups in total. The van der Waals surface area contributed by atoms with E-state index in [4.69, 9.17) is 29.0 Å². The van der Waals surface area contributed by atoms with E-state index >= 15 is 0 Å². The summed E-state index contributed by atoms with van der Waals surface area (Å²) in [5.74, 6) is -0.476. The van der Waals surface area contributed by atoms with Gasteiger partial charge in [-0.1, -0.05) is 109 Å². The molecule has 0 spiro atoms. The van der Waals surface area contributed by atoms with Crippen molar-refractivity contribution in [3.63, 3.8) is 0 Å². The number of nitrogens with zero attached hydrogens (tertiary/aromatic N) is 3. The van der Waals surface area contributed by atoms with Gasteiger partial charge in [0.1, 0.15) is 6.35 Å². The second kappa shape index (κ2) is 24.4. The number of benzene rings is 1. The summed E-state index contributed by atoms with van der Waals surface area (Å²) in [6.07, 6.45) is 22.1. The van der Waals surface area contributed by atoms with Gasteiger partial charge in [-0.15, -0.1) is 0 Å². The van der Waals surface area contributed by atoms with Crippen LogP contribution in [-0.4, -0.2) is 59.4 Å². The highest BCUT2D eigenvalue weighted by Gasteiger charge is 2.26. The van der Waals surface area contributed by atoms with E-state index in [1.54, 1.807) is 10.6 Å². The molecule has 0 radical (unpaired) electrons. The van der Waals surface area contributed by atoms with Gasteiger partial charge in [-0.2, -0.15) is 4.98 Å². The summed E-state index contributed by atoms with van der Waals surface area (Å²) < 4.78 is 57.1. The van der Waals surface area contributed by atoms with Crippen LogP contribution >= 0.6 is 7.60 Å². The lowest BCUT2D eigenvalue weighted by Gasteiger charge is -2.19. The first kappa shape index (κ1) is 41.6. The predicted octanol–water partition coefficient (Wildman–Crippen LogP) is 8.53. The molecule has 0 aliphatic carbocycles. The molecule has 1 atom stereocenters. The summed E-state index contributed by atoms with van der Waals surface area (Å²) in [6, 6.07) is 4.36. The largest absolute Gasteiger partial charge is 0.494 e. The number of aromatic nitrogens is 4. The molecule has 2 heterocycles. The van der Waals surface area contributed by atoms with Crippen LogP contribution in [0.25, 0.3) is 11.2 Å². The van der Waals surface area contributed by atoms with Gasteiger partial charge in [0.15, 0.2) is 22.7 Å². The molecule has 0 bridgehead atoms. The molecule has 0 saturated carbocycles. The second-order valence-corrected chi connectivity index (χ2v) is 14.7. The highest BCUT2D eigenvalue weighted by Crippen LogP contribution is 2.49. The van der Waals surface area contributed by atoms with E-state index < -0.39 is 19.0 Å². The average Bonchev–Trinajstić information content (AvgIpc) is 3.51. The molecule has 2 aromatic heterocycles. The summed E-state index contributed by atoms with van der Waals surface area (Å²) in [7, 11) is -2.37. The number of nitrogens with two attached hydrogens (primary N) is 1. The fourth-order valence-corrected chi connectivity index (χ4v) is 6.92. The number of nitrogen functional groups attached to an aromatic ring is 1. The maximum absolute atomic E-state index is 14.2. The number of aromatic amines is 1. The van der Waals surface area contributed by atoms with Crippen LogP contribution in [0.4, 0.5) is 10.3 Å². The number of nitrogens with one attached hydrogen (secondary N) is 1. The molecule has 0 aliphatic rings. The quantitative estimate of drug-likeness (QED) is 0.0506. The predicted molar refractivity (Wildman–Crippen MR) is 195 cm³/mol. The van der Waals surface area contributed by atoms with Crippen LogP contribution in [0.2, 0.25) is 0 Å². The van der Waals surface area contributed by atoms with Gasteiger partial charge in [-0.3, -0.25) is 14.3 Å². The van der Waals surface area contributed by atoms with Crippen molar-refractivity contribution < 1.29 is 32.2 Å². The highest BCUT2D eigenvalue weighted by atomic mass is 31.2. The lowest BCUT2D eigenvalue weighted by molar-refractivity contribution is 0.0756. The third-order valence-corrected chi connectivity index (χ3v) is 10.1. The minimum Gasteiger partial charge on any atom is -0.494 e. The fraction of sp³-hybridized carbons (Fsp3) is 0.694. The molecule has 1 aromatic carbocycles. The molecule has 1 unspecified atom stereocenters. The van der Waals surface area contributed by atoms with Crippen LogP contribution in [0.5, 0.6) is 5.75 Å². The van der Waals surface area contributed by atoms with Gasteiger partial charge in [0.25, 0.3) is 5.56 Å². The minimum atomic E-state index is -3.75. The number of H-pyrrole nitrogens is 1. The monoisotopic (exact) mass is 723 g/mol. The van der Waals surface area contributed by atoms with Crippen LogP contribution in [0.1, 0.15) is 115 Å². The Morgan fingerprint density at radius 3 is 2.10 bits per heavy atom. The van der Waals surface area contributed by atoms with E-state index in [1.165, 1.54) is 115 Å². The summed E-state index contributed by atoms with van der Waals surface area (Å²) in [4.78, 5) is 22.6. The van der Waals surface area contributed by atoms with E-state index in [1.807, 2.05) is 0 Å². The molecular formula is C36H59FN5O7P. The molecule has 3 aromatic rings. The Labute approximate surface area is 296 Å². The third-order valence-electron chi connectivity index (χ3n) is 8.52. The van der Waals surface area contributed by atoms with Gasteiger partial charge >= 0.3 is 7.60 Å². The molecule has 0 saturated heterocycles. The summed E-state index contributed by atoms with van der Waals surface area (Å²) in [6.45, 7) is 3.39. The minimum absolute atomic E-state index is 0.0246. The number of hydrogen-bond donors (Lipinski definition) is 2. The first-order chi connectivity index (χ1) is 24.3. The van der Waals surface area contributed by atoms with Gasteiger partial charge < -0.3 is 33.6 Å². The Hall–Kier alpha value is -2.83. The highest BCUT2D eigenvalue weighted by molar-refractivity contribution is 7.53. The molecule has 12 nitrogen and oxygen atoms in total. The molecule has 0 fully saturated rings. The van der Waals surface area contributed by atoms with Crippen molar-refractivity contribution in [2.75, 3.05) is 45.6 Å². The van der Waals surface area contributed by atoms with Crippen LogP contribution in [0.3, 0.4) is 0 Å². The molecule has 0 aliphatic heterocycles. The fourth-order valence-electron chi connectivity index (χ4n) is 5.65. The Morgan fingerprint density at radius 2 is 1.48 bits per heavy atom. The SMILES string of the molecule is CCCCCCCCCCCCCCCCCCOCCOP(=O)(COCCn1cnc2c(=O)[nH]c(N)nc21)OCc1ccc(OC)c(F)c1. The Bertz CT molecular complexity index is 1470. The lowest BCUT2D eigenvalue weighted by Crippen LogP contribution is -2.14. The van der Waals surface area contributed by atoms with Crippen LogP contribution < -0.4 is 16.0 Å². The van der Waals surface area contributed by atoms with Gasteiger partial charge in [0, 0.05) is 13.2 Å². The van der Waals surface area contributed by atoms with E-state index in [9.17, 15) is 13.8 Å². The summed E-state index contributed by atoms with van der Waals surface area (Å²) >= 11 is 0. The zero-order valence-corrected chi connectivity index (χ0v) is 31.1. The number of hydrogen-bond acceptors (Lipinski definition) is 10. The van der Waals surface area contributed by atoms with Crippen molar-refractivity contribution in [3.05, 3.63) is 46.3 Å². The number of ether oxygens (including phenoxy) is 3. The third kappa shape index (κ3) is 16.0. The summed E-state index contributed by atoms with van der Waals surface area (Å²) in [5, 5.41) is 0. The van der Waals surface area contributed by atoms with Gasteiger partial charge in [-0.25, -0.2) is 9.37 Å². The number of unbranched alkanes of at least 4 members (excludes halogenated alkanes) is 15. The van der Waals surface area contributed by atoms with Crippen molar-refractivity contribution in [2.24, 2.45) is 0 Å². The number of fused-ring (bicyclic) bond motifs is 1. The zero-order chi connectivity index (χ0) is 35.9. The Balaban J connectivity index is 1.30. The maximum atomic E-state index is 14.2. The van der Waals surface area contributed by atoms with Gasteiger partial charge in [-0.05, 0) is 24.1 Å². The number of anilines is 1. The summed E-state index contributed by atoms with van der Waals surface area (Å²) in [5.41, 5.74) is 6.16. The normalized spacial score (nSPS) is 12.9. The Morgan fingerprint density at radius 1 is 0.840 bits per heavy atom. The Kier molecular flexibility index (Phi) is 20.3. The van der Waals surface area contributed by atoms with Crippen molar-refractivity contribution >= 4 is 24.7 Å². The van der Waals surface area contributed by atoms with Crippen molar-refractivity contribution in [2.45, 2.75) is 123 Å². The van der Waals surface area contributed by atoms with Crippen LogP contribution in [0, 0.1) is 5.82 Å². The van der Waals surface area contributed by atoms with E-state index in [0.717, 1.165) is 12.8 Å². The topological polar surface area (TPSA) is 153 Å². The number of rotatable bonds is 30. The van der Waals surface area contributed by atoms with E-state index in [2.05, 4.69) is 21.9 Å². The molecule has 50 heavy (non-hydrogen) atoms. The molecule has 0 amide bonds. The molecule has 282 valence electrons. The number of imidazole rings is 1. The van der Waals surface area contributed by atoms with Gasteiger partial charge in [0.05, 0.1) is 39.9 Å². The molecular weight excluding hydrogens is 664 g/mol. The average molecular weight is 724 g/mol. The van der Waals surface area contributed by atoms with E-state index in [-0.39, 0.29) is 56.5 Å². The first-order valence-corrected chi connectivity index (χ1v) is 20.1. The van der Waals surface area contributed by atoms with Crippen LogP contribution in [-0.2, 0) is 36.2 Å². The maximum Gasteiger partial charge on any atom is 0.356 e. The number of methoxy groups -OCH3 is 1. The van der Waals surface area contributed by atoms with Crippen molar-refractivity contribution in [3.8, 4) is 5.75 Å². The van der Waals surface area contributed by atoms with Crippen molar-refractivity contribution in [1.82, 2.24) is 19.5 Å².